The van der Waals surface area contributed by atoms with Crippen molar-refractivity contribution in [2.75, 3.05) is 11.9 Å². The molecule has 1 aromatic carbocycles. The Balaban J connectivity index is 1.40. The fourth-order valence-electron chi connectivity index (χ4n) is 3.73. The summed E-state index contributed by atoms with van der Waals surface area (Å²) in [6.45, 7) is 4.48. The quantitative estimate of drug-likeness (QED) is 0.341. The maximum atomic E-state index is 13.3. The zero-order valence-corrected chi connectivity index (χ0v) is 20.0. The normalized spacial score (nSPS) is 11.0. The van der Waals surface area contributed by atoms with E-state index in [-0.39, 0.29) is 18.2 Å². The molecule has 4 aromatic heterocycles. The summed E-state index contributed by atoms with van der Waals surface area (Å²) in [5, 5.41) is 14.4. The first-order valence-corrected chi connectivity index (χ1v) is 11.9. The maximum absolute atomic E-state index is 13.3. The Kier molecular flexibility index (Phi) is 6.11. The van der Waals surface area contributed by atoms with Crippen LogP contribution >= 0.6 is 11.3 Å². The van der Waals surface area contributed by atoms with Crippen LogP contribution in [0.1, 0.15) is 38.3 Å². The molecule has 0 radical (unpaired) electrons. The van der Waals surface area contributed by atoms with E-state index in [1.807, 2.05) is 41.3 Å². The molecular weight excluding hydrogens is 464 g/mol. The molecule has 5 rings (SSSR count). The Bertz CT molecular complexity index is 1520. The number of hydrogen-bond acceptors (Lipinski definition) is 7. The lowest BCUT2D eigenvalue weighted by molar-refractivity contribution is 0.0519. The van der Waals surface area contributed by atoms with Crippen LogP contribution in [0.5, 0.6) is 0 Å². The largest absolute Gasteiger partial charge is 0.461 e. The molecule has 35 heavy (non-hydrogen) atoms. The summed E-state index contributed by atoms with van der Waals surface area (Å²) in [6, 6.07) is 14.6. The molecule has 9 nitrogen and oxygen atoms in total. The van der Waals surface area contributed by atoms with Gasteiger partial charge in [-0.3, -0.25) is 4.79 Å². The Morgan fingerprint density at radius 1 is 1.14 bits per heavy atom. The van der Waals surface area contributed by atoms with E-state index in [2.05, 4.69) is 20.5 Å². The highest BCUT2D eigenvalue weighted by molar-refractivity contribution is 7.09. The first-order valence-electron chi connectivity index (χ1n) is 11.0. The number of amides is 1. The number of thiophene rings is 1. The summed E-state index contributed by atoms with van der Waals surface area (Å²) in [5.41, 5.74) is 3.40. The molecule has 1 amide bonds. The van der Waals surface area contributed by atoms with Gasteiger partial charge < -0.3 is 10.1 Å². The van der Waals surface area contributed by atoms with Crippen molar-refractivity contribution in [3.63, 3.8) is 0 Å². The number of carbonyl (C=O) groups is 2. The number of aryl methyl sites for hydroxylation is 1. The number of nitrogens with zero attached hydrogens (tertiary/aromatic N) is 5. The van der Waals surface area contributed by atoms with Crippen molar-refractivity contribution in [2.45, 2.75) is 20.4 Å². The van der Waals surface area contributed by atoms with Crippen LogP contribution in [0, 0.1) is 6.92 Å². The van der Waals surface area contributed by atoms with E-state index in [1.54, 1.807) is 59.6 Å². The molecule has 0 bridgehead atoms. The first-order chi connectivity index (χ1) is 17.0. The molecule has 0 atom stereocenters. The number of aromatic nitrogens is 5. The van der Waals surface area contributed by atoms with Crippen LogP contribution in [0.4, 0.5) is 5.69 Å². The third kappa shape index (κ3) is 4.69. The summed E-state index contributed by atoms with van der Waals surface area (Å²) < 4.78 is 8.37. The number of carbonyl (C=O) groups excluding carboxylic acids is 2. The third-order valence-corrected chi connectivity index (χ3v) is 6.17. The van der Waals surface area contributed by atoms with Gasteiger partial charge in [0.25, 0.3) is 5.91 Å². The van der Waals surface area contributed by atoms with Crippen molar-refractivity contribution >= 4 is 39.9 Å². The van der Waals surface area contributed by atoms with E-state index in [4.69, 9.17) is 4.74 Å². The zero-order valence-electron chi connectivity index (χ0n) is 19.1. The lowest BCUT2D eigenvalue weighted by atomic mass is 10.1. The SMILES string of the molecule is CCOC(=O)c1ccn(-c2cccc(NC(=O)c3cc(C)nc4c3cnn4Cc3cccs3)c2)n1. The molecule has 0 aliphatic rings. The highest BCUT2D eigenvalue weighted by Crippen LogP contribution is 2.22. The summed E-state index contributed by atoms with van der Waals surface area (Å²) in [7, 11) is 0. The zero-order chi connectivity index (χ0) is 24.4. The van der Waals surface area contributed by atoms with Crippen LogP contribution in [0.3, 0.4) is 0 Å². The second-order valence-electron chi connectivity index (χ2n) is 7.80. The minimum Gasteiger partial charge on any atom is -0.461 e. The molecule has 176 valence electrons. The van der Waals surface area contributed by atoms with Gasteiger partial charge in [0.05, 0.1) is 36.0 Å². The van der Waals surface area contributed by atoms with E-state index in [9.17, 15) is 9.59 Å². The second-order valence-corrected chi connectivity index (χ2v) is 8.83. The predicted molar refractivity (Wildman–Crippen MR) is 133 cm³/mol. The number of hydrogen-bond donors (Lipinski definition) is 1. The Labute approximate surface area is 205 Å². The average Bonchev–Trinajstić information content (AvgIpc) is 3.61. The van der Waals surface area contributed by atoms with Gasteiger partial charge in [0.15, 0.2) is 11.3 Å². The van der Waals surface area contributed by atoms with Crippen LogP contribution in [-0.2, 0) is 11.3 Å². The lowest BCUT2D eigenvalue weighted by Crippen LogP contribution is -2.13. The number of pyridine rings is 1. The van der Waals surface area contributed by atoms with Gasteiger partial charge in [-0.25, -0.2) is 19.1 Å². The fourth-order valence-corrected chi connectivity index (χ4v) is 4.42. The first kappa shape index (κ1) is 22.5. The number of fused-ring (bicyclic) bond motifs is 1. The highest BCUT2D eigenvalue weighted by atomic mass is 32.1. The number of esters is 1. The molecule has 4 heterocycles. The number of benzene rings is 1. The molecule has 0 spiro atoms. The number of rotatable bonds is 7. The number of anilines is 1. The molecule has 1 N–H and O–H groups in total. The lowest BCUT2D eigenvalue weighted by Gasteiger charge is -2.09. The Morgan fingerprint density at radius 3 is 2.83 bits per heavy atom. The van der Waals surface area contributed by atoms with Crippen molar-refractivity contribution in [3.8, 4) is 5.69 Å². The smallest absolute Gasteiger partial charge is 0.358 e. The van der Waals surface area contributed by atoms with Crippen molar-refractivity contribution < 1.29 is 14.3 Å². The van der Waals surface area contributed by atoms with Crippen molar-refractivity contribution in [3.05, 3.63) is 88.1 Å². The summed E-state index contributed by atoms with van der Waals surface area (Å²) in [5.74, 6) is -0.742. The molecule has 0 aliphatic carbocycles. The minimum absolute atomic E-state index is 0.218. The standard InChI is InChI=1S/C25H22N6O3S/c1-3-34-25(33)22-9-10-30(29-22)18-7-4-6-17(13-18)28-24(32)20-12-16(2)27-23-21(20)14-26-31(23)15-19-8-5-11-35-19/h4-14H,3,15H2,1-2H3,(H,28,32). The highest BCUT2D eigenvalue weighted by Gasteiger charge is 2.17. The molecule has 0 aliphatic heterocycles. The van der Waals surface area contributed by atoms with Gasteiger partial charge in [-0.2, -0.15) is 10.2 Å². The van der Waals surface area contributed by atoms with E-state index in [0.717, 1.165) is 10.6 Å². The topological polar surface area (TPSA) is 104 Å². The Morgan fingerprint density at radius 2 is 2.03 bits per heavy atom. The van der Waals surface area contributed by atoms with Gasteiger partial charge in [0.2, 0.25) is 0 Å². The van der Waals surface area contributed by atoms with E-state index in [0.29, 0.717) is 34.5 Å². The van der Waals surface area contributed by atoms with E-state index >= 15 is 0 Å². The van der Waals surface area contributed by atoms with Crippen molar-refractivity contribution in [1.29, 1.82) is 0 Å². The molecule has 0 saturated carbocycles. The van der Waals surface area contributed by atoms with Gasteiger partial charge in [-0.05, 0) is 55.6 Å². The van der Waals surface area contributed by atoms with Gasteiger partial charge in [0, 0.05) is 22.5 Å². The van der Waals surface area contributed by atoms with Crippen LogP contribution in [0.25, 0.3) is 16.7 Å². The van der Waals surface area contributed by atoms with Crippen LogP contribution in [-0.4, -0.2) is 43.0 Å². The maximum Gasteiger partial charge on any atom is 0.358 e. The molecule has 0 saturated heterocycles. The summed E-state index contributed by atoms with van der Waals surface area (Å²) in [4.78, 5) is 31.0. The van der Waals surface area contributed by atoms with Crippen LogP contribution < -0.4 is 5.32 Å². The van der Waals surface area contributed by atoms with E-state index < -0.39 is 5.97 Å². The van der Waals surface area contributed by atoms with Gasteiger partial charge in [-0.15, -0.1) is 11.3 Å². The van der Waals surface area contributed by atoms with Crippen LogP contribution in [0.15, 0.2) is 66.3 Å². The third-order valence-electron chi connectivity index (χ3n) is 5.31. The van der Waals surface area contributed by atoms with Gasteiger partial charge >= 0.3 is 5.97 Å². The summed E-state index contributed by atoms with van der Waals surface area (Å²) >= 11 is 1.65. The monoisotopic (exact) mass is 486 g/mol. The minimum atomic E-state index is -0.479. The van der Waals surface area contributed by atoms with Gasteiger partial charge in [0.1, 0.15) is 0 Å². The average molecular weight is 487 g/mol. The van der Waals surface area contributed by atoms with E-state index in [1.165, 1.54) is 0 Å². The second kappa shape index (κ2) is 9.51. The molecule has 0 fully saturated rings. The van der Waals surface area contributed by atoms with Gasteiger partial charge in [-0.1, -0.05) is 12.1 Å². The van der Waals surface area contributed by atoms with Crippen molar-refractivity contribution in [2.24, 2.45) is 0 Å². The molecular formula is C25H22N6O3S. The fraction of sp³-hybridized carbons (Fsp3) is 0.160. The number of ether oxygens (including phenoxy) is 1. The van der Waals surface area contributed by atoms with Crippen molar-refractivity contribution in [1.82, 2.24) is 24.5 Å². The summed E-state index contributed by atoms with van der Waals surface area (Å²) in [6.07, 6.45) is 3.35. The molecule has 5 aromatic rings. The van der Waals surface area contributed by atoms with Crippen LogP contribution in [0.2, 0.25) is 0 Å². The Hall–Kier alpha value is -4.31. The predicted octanol–water partition coefficient (Wildman–Crippen LogP) is 4.46. The molecule has 10 heteroatoms. The number of nitrogens with one attached hydrogen (secondary N) is 1. The molecule has 0 unspecified atom stereocenters.